The van der Waals surface area contributed by atoms with Gasteiger partial charge in [0, 0.05) is 19.8 Å². The van der Waals surface area contributed by atoms with Crippen LogP contribution in [-0.4, -0.2) is 26.4 Å². The van der Waals surface area contributed by atoms with Crippen molar-refractivity contribution in [3.63, 3.8) is 0 Å². The first-order valence-electron chi connectivity index (χ1n) is 11.2. The average molecular weight is 417 g/mol. The molecule has 2 heteroatoms. The fraction of sp³-hybridized carbons (Fsp3) is 0.379. The van der Waals surface area contributed by atoms with E-state index in [9.17, 15) is 0 Å². The molecule has 0 N–H and O–H groups in total. The van der Waals surface area contributed by atoms with Crippen molar-refractivity contribution in [1.29, 1.82) is 0 Å². The number of benzene rings is 1. The molecular formula is C29H36O2. The lowest BCUT2D eigenvalue weighted by atomic mass is 9.90. The molecule has 31 heavy (non-hydrogen) atoms. The van der Waals surface area contributed by atoms with Crippen LogP contribution < -0.4 is 0 Å². The Morgan fingerprint density at radius 1 is 0.968 bits per heavy atom. The summed E-state index contributed by atoms with van der Waals surface area (Å²) in [5.41, 5.74) is 5.28. The molecule has 1 atom stereocenters. The molecule has 1 aromatic carbocycles. The van der Waals surface area contributed by atoms with E-state index >= 15 is 0 Å². The molecule has 1 heterocycles. The standard InChI is InChI=1S/C28H32O2.CH4/c1-2-5-23(6-3-1)9-10-24-11-12-25(21-24)15-18-30-22-26-7-4-8-27(14-13-26)28-16-19-29-20-17-28;/h1-3,5-14,21,25,28H,4,15-20,22H2;1H4/b10-9+;. The van der Waals surface area contributed by atoms with E-state index in [1.54, 1.807) is 0 Å². The Morgan fingerprint density at radius 3 is 2.65 bits per heavy atom. The fourth-order valence-electron chi connectivity index (χ4n) is 4.18. The highest BCUT2D eigenvalue weighted by molar-refractivity contribution is 5.55. The molecule has 0 aromatic heterocycles. The Hall–Kier alpha value is -2.42. The van der Waals surface area contributed by atoms with E-state index in [2.05, 4.69) is 78.9 Å². The maximum Gasteiger partial charge on any atom is 0.0713 e. The molecule has 0 spiro atoms. The first-order chi connectivity index (χ1) is 14.9. The van der Waals surface area contributed by atoms with Crippen LogP contribution in [0.1, 0.15) is 38.7 Å². The van der Waals surface area contributed by atoms with Crippen molar-refractivity contribution >= 4 is 6.08 Å². The monoisotopic (exact) mass is 416 g/mol. The maximum atomic E-state index is 5.99. The maximum absolute atomic E-state index is 5.99. The van der Waals surface area contributed by atoms with Gasteiger partial charge in [0.05, 0.1) is 6.61 Å². The molecule has 1 fully saturated rings. The summed E-state index contributed by atoms with van der Waals surface area (Å²) < 4.78 is 11.5. The summed E-state index contributed by atoms with van der Waals surface area (Å²) in [5, 5.41) is 0. The van der Waals surface area contributed by atoms with Gasteiger partial charge in [-0.05, 0) is 59.8 Å². The van der Waals surface area contributed by atoms with Crippen LogP contribution >= 0.6 is 0 Å². The Balaban J connectivity index is 0.00000272. The van der Waals surface area contributed by atoms with Crippen LogP contribution in [0.3, 0.4) is 0 Å². The minimum Gasteiger partial charge on any atom is -0.381 e. The van der Waals surface area contributed by atoms with Crippen LogP contribution in [0.2, 0.25) is 0 Å². The summed E-state index contributed by atoms with van der Waals surface area (Å²) in [6.07, 6.45) is 24.7. The first kappa shape index (κ1) is 23.2. The van der Waals surface area contributed by atoms with E-state index in [1.807, 2.05) is 6.07 Å². The molecule has 1 aliphatic heterocycles. The molecule has 0 saturated carbocycles. The normalized spacial score (nSPS) is 21.4. The molecule has 164 valence electrons. The highest BCUT2D eigenvalue weighted by Gasteiger charge is 2.17. The van der Waals surface area contributed by atoms with Crippen molar-refractivity contribution in [2.45, 2.75) is 33.1 Å². The van der Waals surface area contributed by atoms with Crippen molar-refractivity contribution < 1.29 is 9.47 Å². The van der Waals surface area contributed by atoms with Crippen molar-refractivity contribution in [3.05, 3.63) is 101 Å². The minimum atomic E-state index is 0. The topological polar surface area (TPSA) is 18.5 Å². The molecule has 2 aliphatic carbocycles. The van der Waals surface area contributed by atoms with Crippen LogP contribution in [0.25, 0.3) is 6.08 Å². The van der Waals surface area contributed by atoms with Gasteiger partial charge in [-0.25, -0.2) is 0 Å². The van der Waals surface area contributed by atoms with Crippen molar-refractivity contribution in [2.75, 3.05) is 26.4 Å². The predicted octanol–water partition coefficient (Wildman–Crippen LogP) is 7.09. The molecule has 0 radical (unpaired) electrons. The van der Waals surface area contributed by atoms with Crippen LogP contribution in [-0.2, 0) is 9.47 Å². The van der Waals surface area contributed by atoms with Gasteiger partial charge in [-0.2, -0.15) is 0 Å². The van der Waals surface area contributed by atoms with Gasteiger partial charge in [-0.3, -0.25) is 0 Å². The third-order valence-corrected chi connectivity index (χ3v) is 5.99. The number of hydrogen-bond donors (Lipinski definition) is 0. The lowest BCUT2D eigenvalue weighted by Crippen LogP contribution is -2.16. The molecule has 1 saturated heterocycles. The van der Waals surface area contributed by atoms with E-state index in [1.165, 1.54) is 22.3 Å². The van der Waals surface area contributed by atoms with Gasteiger partial charge in [-0.1, -0.05) is 92.4 Å². The summed E-state index contributed by atoms with van der Waals surface area (Å²) >= 11 is 0. The molecule has 4 rings (SSSR count). The molecular weight excluding hydrogens is 380 g/mol. The van der Waals surface area contributed by atoms with Gasteiger partial charge in [0.2, 0.25) is 0 Å². The Labute approximate surface area is 188 Å². The van der Waals surface area contributed by atoms with Gasteiger partial charge >= 0.3 is 0 Å². The average Bonchev–Trinajstić information content (AvgIpc) is 3.12. The summed E-state index contributed by atoms with van der Waals surface area (Å²) in [6.45, 7) is 3.28. The summed E-state index contributed by atoms with van der Waals surface area (Å²) in [6, 6.07) is 10.4. The highest BCUT2D eigenvalue weighted by atomic mass is 16.5. The largest absolute Gasteiger partial charge is 0.381 e. The number of rotatable bonds is 8. The quantitative estimate of drug-likeness (QED) is 0.421. The zero-order chi connectivity index (χ0) is 20.4. The van der Waals surface area contributed by atoms with E-state index in [0.29, 0.717) is 18.4 Å². The Kier molecular flexibility index (Phi) is 9.33. The second kappa shape index (κ2) is 12.4. The summed E-state index contributed by atoms with van der Waals surface area (Å²) in [5.74, 6) is 1.13. The second-order valence-corrected chi connectivity index (χ2v) is 8.21. The number of ether oxygens (including phenoxy) is 2. The lowest BCUT2D eigenvalue weighted by molar-refractivity contribution is 0.0765. The van der Waals surface area contributed by atoms with Crippen LogP contribution in [0.15, 0.2) is 95.7 Å². The summed E-state index contributed by atoms with van der Waals surface area (Å²) in [7, 11) is 0. The van der Waals surface area contributed by atoms with Crippen LogP contribution in [0, 0.1) is 11.8 Å². The third-order valence-electron chi connectivity index (χ3n) is 5.99. The van der Waals surface area contributed by atoms with E-state index in [-0.39, 0.29) is 7.43 Å². The van der Waals surface area contributed by atoms with E-state index in [4.69, 9.17) is 9.47 Å². The Morgan fingerprint density at radius 2 is 1.81 bits per heavy atom. The zero-order valence-corrected chi connectivity index (χ0v) is 17.7. The molecule has 0 bridgehead atoms. The van der Waals surface area contributed by atoms with Crippen molar-refractivity contribution in [2.24, 2.45) is 11.8 Å². The van der Waals surface area contributed by atoms with Crippen molar-refractivity contribution in [1.82, 2.24) is 0 Å². The number of hydrogen-bond acceptors (Lipinski definition) is 2. The molecule has 3 aliphatic rings. The summed E-state index contributed by atoms with van der Waals surface area (Å²) in [4.78, 5) is 0. The van der Waals surface area contributed by atoms with Gasteiger partial charge in [0.1, 0.15) is 0 Å². The van der Waals surface area contributed by atoms with Crippen LogP contribution in [0.4, 0.5) is 0 Å². The van der Waals surface area contributed by atoms with Gasteiger partial charge in [0.15, 0.2) is 0 Å². The highest BCUT2D eigenvalue weighted by Crippen LogP contribution is 2.27. The second-order valence-electron chi connectivity index (χ2n) is 8.21. The molecule has 1 unspecified atom stereocenters. The lowest BCUT2D eigenvalue weighted by Gasteiger charge is -2.23. The Bertz CT molecular complexity index is 861. The molecule has 1 aromatic rings. The smallest absolute Gasteiger partial charge is 0.0713 e. The molecule has 0 amide bonds. The van der Waals surface area contributed by atoms with Crippen LogP contribution in [0.5, 0.6) is 0 Å². The SMILES string of the molecule is C.C1=CC(CCOCC2=CCC=C(C3CCOCC3)C=C2)C=C1/C=C/c1ccccc1. The minimum absolute atomic E-state index is 0. The zero-order valence-electron chi connectivity index (χ0n) is 17.7. The third kappa shape index (κ3) is 7.34. The number of allylic oxidation sites excluding steroid dienone is 9. The fourth-order valence-corrected chi connectivity index (χ4v) is 4.18. The van der Waals surface area contributed by atoms with Gasteiger partial charge in [-0.15, -0.1) is 0 Å². The van der Waals surface area contributed by atoms with Crippen molar-refractivity contribution in [3.8, 4) is 0 Å². The molecule has 2 nitrogen and oxygen atoms in total. The van der Waals surface area contributed by atoms with E-state index < -0.39 is 0 Å². The first-order valence-corrected chi connectivity index (χ1v) is 11.2. The van der Waals surface area contributed by atoms with Gasteiger partial charge in [0.25, 0.3) is 0 Å². The van der Waals surface area contributed by atoms with E-state index in [0.717, 1.165) is 45.5 Å². The van der Waals surface area contributed by atoms with Gasteiger partial charge < -0.3 is 9.47 Å². The predicted molar refractivity (Wildman–Crippen MR) is 132 cm³/mol.